The summed E-state index contributed by atoms with van der Waals surface area (Å²) in [5.74, 6) is 0.182. The average molecular weight is 497 g/mol. The topological polar surface area (TPSA) is 40.5 Å². The molecule has 180 valence electrons. The number of nitrogens with zero attached hydrogens (tertiary/aromatic N) is 1. The molecular formula is C25H32F3NO2P2. The maximum Gasteiger partial charge on any atom is 0.269 e. The van der Waals surface area contributed by atoms with Gasteiger partial charge in [-0.15, -0.1) is 9.24 Å². The smallest absolute Gasteiger partial charge is 0.269 e. The molecule has 2 aromatic rings. The Balaban J connectivity index is 0.000000374. The molecule has 3 unspecified atom stereocenters. The van der Waals surface area contributed by atoms with Gasteiger partial charge in [0, 0.05) is 24.3 Å². The molecule has 2 aliphatic rings. The first-order valence-corrected chi connectivity index (χ1v) is 12.6. The molecule has 4 rings (SSSR count). The first-order chi connectivity index (χ1) is 15.7. The molecule has 0 aliphatic heterocycles. The van der Waals surface area contributed by atoms with Crippen LogP contribution in [0.1, 0.15) is 60.1 Å². The van der Waals surface area contributed by atoms with Crippen LogP contribution in [0.2, 0.25) is 0 Å². The fraction of sp³-hybridized carbons (Fsp3) is 0.480. The van der Waals surface area contributed by atoms with Crippen molar-refractivity contribution in [2.75, 3.05) is 6.61 Å². The SMILES string of the molecule is Fc1ccccc1.O=C(c1ccc(C(P)C(F)(F)P)cc1)N(C1CCC(CO)CC1)C1CC1. The van der Waals surface area contributed by atoms with Gasteiger partial charge in [-0.1, -0.05) is 39.6 Å². The number of aliphatic hydroxyl groups is 1. The van der Waals surface area contributed by atoms with Crippen molar-refractivity contribution >= 4 is 24.4 Å². The number of hydrogen-bond donors (Lipinski definition) is 1. The van der Waals surface area contributed by atoms with E-state index in [9.17, 15) is 23.1 Å². The number of benzene rings is 2. The van der Waals surface area contributed by atoms with Gasteiger partial charge in [0.15, 0.2) is 0 Å². The molecule has 0 radical (unpaired) electrons. The first kappa shape index (κ1) is 26.1. The highest BCUT2D eigenvalue weighted by atomic mass is 31.0. The summed E-state index contributed by atoms with van der Waals surface area (Å²) in [6, 6.07) is 15.0. The second-order valence-electron chi connectivity index (χ2n) is 8.87. The van der Waals surface area contributed by atoms with E-state index in [-0.39, 0.29) is 24.4 Å². The quantitative estimate of drug-likeness (QED) is 0.494. The van der Waals surface area contributed by atoms with Crippen LogP contribution in [0, 0.1) is 11.7 Å². The lowest BCUT2D eigenvalue weighted by molar-refractivity contribution is 0.0562. The second-order valence-corrected chi connectivity index (χ2v) is 10.3. The third kappa shape index (κ3) is 7.50. The molecule has 1 amide bonds. The molecule has 2 aliphatic carbocycles. The first-order valence-electron chi connectivity index (χ1n) is 11.4. The summed E-state index contributed by atoms with van der Waals surface area (Å²) < 4.78 is 38.8. The highest BCUT2D eigenvalue weighted by molar-refractivity contribution is 7.23. The van der Waals surface area contributed by atoms with E-state index in [1.165, 1.54) is 12.1 Å². The summed E-state index contributed by atoms with van der Waals surface area (Å²) in [6.45, 7) is 0.224. The van der Waals surface area contributed by atoms with Crippen LogP contribution in [0.15, 0.2) is 54.6 Å². The monoisotopic (exact) mass is 497 g/mol. The van der Waals surface area contributed by atoms with Crippen LogP contribution in [0.4, 0.5) is 13.2 Å². The predicted octanol–water partition coefficient (Wildman–Crippen LogP) is 6.05. The Bertz CT molecular complexity index is 881. The highest BCUT2D eigenvalue weighted by Gasteiger charge is 2.39. The van der Waals surface area contributed by atoms with Gasteiger partial charge in [0.05, 0.1) is 5.66 Å². The summed E-state index contributed by atoms with van der Waals surface area (Å²) in [6.07, 6.45) is 5.84. The lowest BCUT2D eigenvalue weighted by Crippen LogP contribution is -2.44. The van der Waals surface area contributed by atoms with E-state index >= 15 is 0 Å². The lowest BCUT2D eigenvalue weighted by atomic mass is 9.85. The molecule has 2 fully saturated rings. The molecule has 0 spiro atoms. The van der Waals surface area contributed by atoms with E-state index in [0.29, 0.717) is 23.1 Å². The van der Waals surface area contributed by atoms with Crippen LogP contribution in [0.5, 0.6) is 0 Å². The van der Waals surface area contributed by atoms with Gasteiger partial charge in [-0.25, -0.2) is 13.2 Å². The Labute approximate surface area is 198 Å². The van der Waals surface area contributed by atoms with Gasteiger partial charge >= 0.3 is 0 Å². The number of alkyl halides is 2. The van der Waals surface area contributed by atoms with Gasteiger partial charge in [0.25, 0.3) is 11.6 Å². The maximum absolute atomic E-state index is 13.5. The zero-order chi connectivity index (χ0) is 24.0. The largest absolute Gasteiger partial charge is 0.396 e. The van der Waals surface area contributed by atoms with Crippen molar-refractivity contribution in [2.45, 2.75) is 61.9 Å². The van der Waals surface area contributed by atoms with Crippen molar-refractivity contribution < 1.29 is 23.1 Å². The van der Waals surface area contributed by atoms with Gasteiger partial charge < -0.3 is 10.0 Å². The molecule has 0 heterocycles. The van der Waals surface area contributed by atoms with Crippen molar-refractivity contribution in [2.24, 2.45) is 5.92 Å². The van der Waals surface area contributed by atoms with Crippen LogP contribution in [-0.2, 0) is 0 Å². The van der Waals surface area contributed by atoms with Gasteiger partial charge in [-0.05, 0) is 74.3 Å². The Kier molecular flexibility index (Phi) is 9.33. The van der Waals surface area contributed by atoms with Gasteiger partial charge in [-0.2, -0.15) is 0 Å². The fourth-order valence-corrected chi connectivity index (χ4v) is 4.62. The van der Waals surface area contributed by atoms with E-state index in [0.717, 1.165) is 38.5 Å². The lowest BCUT2D eigenvalue weighted by Gasteiger charge is -2.37. The Morgan fingerprint density at radius 2 is 1.48 bits per heavy atom. The van der Waals surface area contributed by atoms with Crippen LogP contribution in [0.25, 0.3) is 0 Å². The zero-order valence-corrected chi connectivity index (χ0v) is 20.9. The van der Waals surface area contributed by atoms with Gasteiger partial charge in [0.1, 0.15) is 5.82 Å². The Morgan fingerprint density at radius 3 is 1.88 bits per heavy atom. The normalized spacial score (nSPS) is 21.5. The standard InChI is InChI=1S/C19H27F2NO2P2.C6H5F/c20-19(21,26)17(25)13-3-5-14(6-4-13)18(24)22(16-9-10-16)15-7-1-12(11-23)2-8-15;7-6-4-2-1-3-5-6/h3-6,12,15-17,23H,1-2,7-11,25-26H2;1-5H. The second kappa shape index (κ2) is 11.8. The van der Waals surface area contributed by atoms with Crippen LogP contribution >= 0.6 is 18.5 Å². The number of halogens is 3. The Morgan fingerprint density at radius 1 is 0.970 bits per heavy atom. The van der Waals surface area contributed by atoms with E-state index in [1.54, 1.807) is 51.7 Å². The van der Waals surface area contributed by atoms with Crippen LogP contribution in [0.3, 0.4) is 0 Å². The molecule has 2 aromatic carbocycles. The number of rotatable bonds is 6. The van der Waals surface area contributed by atoms with Crippen LogP contribution < -0.4 is 0 Å². The molecule has 2 saturated carbocycles. The van der Waals surface area contributed by atoms with Crippen molar-refractivity contribution in [1.82, 2.24) is 4.90 Å². The van der Waals surface area contributed by atoms with Crippen LogP contribution in [-0.4, -0.2) is 40.3 Å². The average Bonchev–Trinajstić information content (AvgIpc) is 3.65. The number of aliphatic hydroxyl groups excluding tert-OH is 1. The number of carbonyl (C=O) groups excluding carboxylic acids is 1. The molecule has 3 nitrogen and oxygen atoms in total. The molecular weight excluding hydrogens is 465 g/mol. The van der Waals surface area contributed by atoms with E-state index in [4.69, 9.17) is 0 Å². The summed E-state index contributed by atoms with van der Waals surface area (Å²) in [7, 11) is 3.73. The molecule has 3 atom stereocenters. The molecule has 0 aromatic heterocycles. The molecule has 33 heavy (non-hydrogen) atoms. The molecule has 1 N–H and O–H groups in total. The van der Waals surface area contributed by atoms with Gasteiger partial charge in [-0.3, -0.25) is 4.79 Å². The third-order valence-corrected chi connectivity index (χ3v) is 7.88. The fourth-order valence-electron chi connectivity index (χ4n) is 4.21. The highest BCUT2D eigenvalue weighted by Crippen LogP contribution is 2.43. The zero-order valence-electron chi connectivity index (χ0n) is 18.5. The van der Waals surface area contributed by atoms with E-state index < -0.39 is 11.3 Å². The summed E-state index contributed by atoms with van der Waals surface area (Å²) in [5, 5.41) is 9.32. The van der Waals surface area contributed by atoms with Crippen molar-refractivity contribution in [3.63, 3.8) is 0 Å². The third-order valence-electron chi connectivity index (χ3n) is 6.31. The summed E-state index contributed by atoms with van der Waals surface area (Å²) in [5.41, 5.74) is -2.84. The predicted molar refractivity (Wildman–Crippen MR) is 132 cm³/mol. The van der Waals surface area contributed by atoms with Crippen molar-refractivity contribution in [3.05, 3.63) is 71.5 Å². The minimum Gasteiger partial charge on any atom is -0.396 e. The van der Waals surface area contributed by atoms with Gasteiger partial charge in [0.2, 0.25) is 0 Å². The molecule has 0 saturated heterocycles. The number of hydrogen-bond acceptors (Lipinski definition) is 2. The number of amides is 1. The molecule has 8 heteroatoms. The number of carbonyl (C=O) groups is 1. The van der Waals surface area contributed by atoms with Crippen molar-refractivity contribution in [3.8, 4) is 0 Å². The summed E-state index contributed by atoms with van der Waals surface area (Å²) >= 11 is 0. The minimum atomic E-state index is -2.90. The Hall–Kier alpha value is -1.48. The minimum absolute atomic E-state index is 0.00411. The van der Waals surface area contributed by atoms with E-state index in [1.807, 2.05) is 4.90 Å². The molecule has 0 bridgehead atoms. The van der Waals surface area contributed by atoms with Crippen molar-refractivity contribution in [1.29, 1.82) is 0 Å². The summed E-state index contributed by atoms with van der Waals surface area (Å²) in [4.78, 5) is 15.1. The maximum atomic E-state index is 13.5. The van der Waals surface area contributed by atoms with E-state index in [2.05, 4.69) is 9.24 Å².